The Kier molecular flexibility index (Phi) is 7.19. The lowest BCUT2D eigenvalue weighted by molar-refractivity contribution is 0.0985. The molecule has 0 bridgehead atoms. The summed E-state index contributed by atoms with van der Waals surface area (Å²) in [5.41, 5.74) is 8.57. The molecule has 206 valence electrons. The Morgan fingerprint density at radius 3 is 2.52 bits per heavy atom. The molecule has 0 saturated carbocycles. The summed E-state index contributed by atoms with van der Waals surface area (Å²) in [5, 5.41) is 11.8. The van der Waals surface area contributed by atoms with E-state index in [-0.39, 0.29) is 11.2 Å². The molecule has 4 nitrogen and oxygen atoms in total. The van der Waals surface area contributed by atoms with Gasteiger partial charge in [0.15, 0.2) is 5.78 Å². The Balaban J connectivity index is 0.000000219. The molecule has 4 heteroatoms. The maximum atomic E-state index is 13.2. The Labute approximate surface area is 247 Å². The molecule has 4 aromatic carbocycles. The molecule has 1 aromatic heterocycles. The summed E-state index contributed by atoms with van der Waals surface area (Å²) in [7, 11) is 2.11. The van der Waals surface area contributed by atoms with Crippen LogP contribution in [0.1, 0.15) is 53.7 Å². The molecule has 42 heavy (non-hydrogen) atoms. The number of carbonyl (C=O) groups is 1. The molecule has 1 heterocycles. The second-order valence-electron chi connectivity index (χ2n) is 11.7. The summed E-state index contributed by atoms with van der Waals surface area (Å²) in [4.78, 5) is 19.6. The van der Waals surface area contributed by atoms with Crippen LogP contribution in [-0.4, -0.2) is 17.8 Å². The average Bonchev–Trinajstić information content (AvgIpc) is 3.01. The maximum absolute atomic E-state index is 13.2. The number of nitrogens with zero attached hydrogens (tertiary/aromatic N) is 3. The first-order valence-electron chi connectivity index (χ1n) is 14.3. The zero-order valence-corrected chi connectivity index (χ0v) is 24.3. The number of ketones is 1. The Morgan fingerprint density at radius 2 is 1.71 bits per heavy atom. The lowest BCUT2D eigenvalue weighted by Gasteiger charge is -2.35. The number of pyridine rings is 1. The van der Waals surface area contributed by atoms with Gasteiger partial charge in [0.25, 0.3) is 0 Å². The van der Waals surface area contributed by atoms with E-state index in [1.165, 1.54) is 16.7 Å². The highest BCUT2D eigenvalue weighted by Gasteiger charge is 2.35. The predicted octanol–water partition coefficient (Wildman–Crippen LogP) is 8.91. The van der Waals surface area contributed by atoms with Gasteiger partial charge in [0.1, 0.15) is 6.07 Å². The SMILES string of the molecule is CN(Cc1ccccc1)c1ccc2c3c(ccc2c1)C1=C(CC3=O)C(C)(C)CC=C1.N#Cc1cnc2ccccc2c1. The van der Waals surface area contributed by atoms with Gasteiger partial charge in [0.2, 0.25) is 0 Å². The van der Waals surface area contributed by atoms with Crippen molar-refractivity contribution >= 4 is 38.7 Å². The molecular formula is C38H33N3O. The molecule has 0 fully saturated rings. The van der Waals surface area contributed by atoms with Crippen molar-refractivity contribution in [2.24, 2.45) is 5.41 Å². The van der Waals surface area contributed by atoms with Crippen LogP contribution in [0.3, 0.4) is 0 Å². The van der Waals surface area contributed by atoms with Crippen LogP contribution in [0.15, 0.2) is 115 Å². The fourth-order valence-corrected chi connectivity index (χ4v) is 6.06. The number of hydrogen-bond acceptors (Lipinski definition) is 4. The molecule has 0 N–H and O–H groups in total. The lowest BCUT2D eigenvalue weighted by Crippen LogP contribution is -2.24. The zero-order chi connectivity index (χ0) is 29.3. The number of carbonyl (C=O) groups excluding carboxylic acids is 1. The Hall–Kier alpha value is -5.01. The summed E-state index contributed by atoms with van der Waals surface area (Å²) in [6.07, 6.45) is 7.60. The van der Waals surface area contributed by atoms with Crippen LogP contribution in [-0.2, 0) is 6.54 Å². The standard InChI is InChI=1S/C28H27NO.C10H6N2/c1-28(2)15-7-10-23-24-13-11-20-16-21(29(3)18-19-8-5-4-6-9-19)12-14-22(20)27(24)26(30)17-25(23)28;11-6-8-5-9-3-1-2-4-10(9)12-7-8/h4-14,16H,15,17-18H2,1-3H3;1-5,7H. The quantitative estimate of drug-likeness (QED) is 0.226. The van der Waals surface area contributed by atoms with Crippen LogP contribution < -0.4 is 4.90 Å². The van der Waals surface area contributed by atoms with Gasteiger partial charge in [-0.15, -0.1) is 0 Å². The number of allylic oxidation sites excluding steroid dienone is 4. The normalized spacial score (nSPS) is 15.0. The third-order valence-electron chi connectivity index (χ3n) is 8.39. The van der Waals surface area contributed by atoms with E-state index in [2.05, 4.69) is 104 Å². The third-order valence-corrected chi connectivity index (χ3v) is 8.39. The van der Waals surface area contributed by atoms with E-state index >= 15 is 0 Å². The first-order valence-corrected chi connectivity index (χ1v) is 14.3. The second-order valence-corrected chi connectivity index (χ2v) is 11.7. The minimum atomic E-state index is 0.0520. The Morgan fingerprint density at radius 1 is 0.929 bits per heavy atom. The molecular weight excluding hydrogens is 514 g/mol. The van der Waals surface area contributed by atoms with Crippen molar-refractivity contribution in [3.8, 4) is 6.07 Å². The highest BCUT2D eigenvalue weighted by atomic mass is 16.1. The molecule has 0 radical (unpaired) electrons. The molecule has 0 saturated heterocycles. The first kappa shape index (κ1) is 27.2. The zero-order valence-electron chi connectivity index (χ0n) is 24.3. The van der Waals surface area contributed by atoms with Crippen LogP contribution in [0.5, 0.6) is 0 Å². The van der Waals surface area contributed by atoms with E-state index in [0.29, 0.717) is 12.0 Å². The van der Waals surface area contributed by atoms with Gasteiger partial charge in [-0.25, -0.2) is 0 Å². The number of anilines is 1. The molecule has 0 unspecified atom stereocenters. The minimum absolute atomic E-state index is 0.0520. The van der Waals surface area contributed by atoms with Crippen LogP contribution in [0.4, 0.5) is 5.69 Å². The van der Waals surface area contributed by atoms with E-state index in [1.807, 2.05) is 36.4 Å². The lowest BCUT2D eigenvalue weighted by atomic mass is 9.68. The molecule has 0 aliphatic heterocycles. The monoisotopic (exact) mass is 547 g/mol. The van der Waals surface area contributed by atoms with Crippen molar-refractivity contribution in [1.82, 2.24) is 4.98 Å². The van der Waals surface area contributed by atoms with E-state index < -0.39 is 0 Å². The van der Waals surface area contributed by atoms with Crippen molar-refractivity contribution in [1.29, 1.82) is 5.26 Å². The smallest absolute Gasteiger partial charge is 0.168 e. The Bertz CT molecular complexity index is 1930. The minimum Gasteiger partial charge on any atom is -0.370 e. The van der Waals surface area contributed by atoms with Gasteiger partial charge in [-0.3, -0.25) is 9.78 Å². The van der Waals surface area contributed by atoms with E-state index in [9.17, 15) is 4.79 Å². The van der Waals surface area contributed by atoms with Crippen molar-refractivity contribution in [2.75, 3.05) is 11.9 Å². The van der Waals surface area contributed by atoms with Crippen LogP contribution >= 0.6 is 0 Å². The molecule has 0 spiro atoms. The van der Waals surface area contributed by atoms with E-state index in [0.717, 1.165) is 51.5 Å². The molecule has 5 aromatic rings. The molecule has 0 amide bonds. The number of rotatable bonds is 3. The summed E-state index contributed by atoms with van der Waals surface area (Å²) in [6, 6.07) is 32.9. The number of benzene rings is 4. The van der Waals surface area contributed by atoms with Gasteiger partial charge >= 0.3 is 0 Å². The number of aromatic nitrogens is 1. The molecule has 7 rings (SSSR count). The van der Waals surface area contributed by atoms with Crippen molar-refractivity contribution in [2.45, 2.75) is 33.2 Å². The highest BCUT2D eigenvalue weighted by molar-refractivity contribution is 6.16. The number of para-hydroxylation sites is 1. The number of fused-ring (bicyclic) bond motifs is 5. The topological polar surface area (TPSA) is 57.0 Å². The van der Waals surface area contributed by atoms with Crippen molar-refractivity contribution in [3.05, 3.63) is 137 Å². The van der Waals surface area contributed by atoms with E-state index in [4.69, 9.17) is 5.26 Å². The predicted molar refractivity (Wildman–Crippen MR) is 172 cm³/mol. The van der Waals surface area contributed by atoms with Gasteiger partial charge < -0.3 is 4.90 Å². The largest absolute Gasteiger partial charge is 0.370 e. The van der Waals surface area contributed by atoms with Gasteiger partial charge in [-0.1, -0.05) is 92.7 Å². The van der Waals surface area contributed by atoms with Crippen molar-refractivity contribution in [3.63, 3.8) is 0 Å². The van der Waals surface area contributed by atoms with Gasteiger partial charge in [0, 0.05) is 42.8 Å². The fraction of sp³-hybridized carbons (Fsp3) is 0.184. The summed E-state index contributed by atoms with van der Waals surface area (Å²) in [6.45, 7) is 5.35. The number of Topliss-reactive ketones (excluding diaryl/α,β-unsaturated/α-hetero) is 1. The summed E-state index contributed by atoms with van der Waals surface area (Å²) >= 11 is 0. The van der Waals surface area contributed by atoms with Crippen LogP contribution in [0, 0.1) is 16.7 Å². The summed E-state index contributed by atoms with van der Waals surface area (Å²) < 4.78 is 0. The van der Waals surface area contributed by atoms with Crippen LogP contribution in [0.25, 0.3) is 27.2 Å². The fourth-order valence-electron chi connectivity index (χ4n) is 6.06. The van der Waals surface area contributed by atoms with Gasteiger partial charge in [-0.2, -0.15) is 5.26 Å². The highest BCUT2D eigenvalue weighted by Crippen LogP contribution is 2.47. The molecule has 0 atom stereocenters. The number of hydrogen-bond donors (Lipinski definition) is 0. The molecule has 2 aliphatic rings. The second kappa shape index (κ2) is 11.1. The third kappa shape index (κ3) is 5.22. The average molecular weight is 548 g/mol. The van der Waals surface area contributed by atoms with Gasteiger partial charge in [-0.05, 0) is 69.1 Å². The summed E-state index contributed by atoms with van der Waals surface area (Å²) in [5.74, 6) is 0.253. The van der Waals surface area contributed by atoms with Crippen LogP contribution in [0.2, 0.25) is 0 Å². The number of nitriles is 1. The first-order chi connectivity index (χ1) is 20.3. The van der Waals surface area contributed by atoms with E-state index in [1.54, 1.807) is 6.20 Å². The maximum Gasteiger partial charge on any atom is 0.168 e. The van der Waals surface area contributed by atoms with Crippen molar-refractivity contribution < 1.29 is 4.79 Å². The van der Waals surface area contributed by atoms with Gasteiger partial charge in [0.05, 0.1) is 11.1 Å². The molecule has 2 aliphatic carbocycles.